The number of halogens is 1. The van der Waals surface area contributed by atoms with Crippen LogP contribution in [0.5, 0.6) is 5.75 Å². The average Bonchev–Trinajstić information content (AvgIpc) is 2.71. The molecule has 29 heavy (non-hydrogen) atoms. The van der Waals surface area contributed by atoms with E-state index in [2.05, 4.69) is 0 Å². The molecule has 0 spiro atoms. The molecule has 1 fully saturated rings. The van der Waals surface area contributed by atoms with Crippen LogP contribution in [0.25, 0.3) is 0 Å². The van der Waals surface area contributed by atoms with E-state index >= 15 is 0 Å². The van der Waals surface area contributed by atoms with Crippen molar-refractivity contribution in [3.05, 3.63) is 76.8 Å². The van der Waals surface area contributed by atoms with E-state index in [1.165, 1.54) is 0 Å². The number of aliphatic carboxylic acids is 1. The Balaban J connectivity index is 1.72. The molecule has 1 saturated heterocycles. The van der Waals surface area contributed by atoms with E-state index < -0.39 is 12.3 Å². The van der Waals surface area contributed by atoms with Gasteiger partial charge in [-0.15, -0.1) is 0 Å². The first-order chi connectivity index (χ1) is 14.1. The Morgan fingerprint density at radius 3 is 2.48 bits per heavy atom. The zero-order valence-corrected chi connectivity index (χ0v) is 16.8. The smallest absolute Gasteiger partial charge is 0.303 e. The molecular weight excluding hydrogens is 392 g/mol. The standard InChI is InChI=1S/C23H25ClO5/c24-19-12-7-5-10-17(19)23-28-15-16(9-3-1-2-4-14-21(26)27)22(29-23)18-11-6-8-13-20(18)25/h1-2,5-8,10-13,16,22-23,25H,3-4,9,14-15H2,(H,26,27)/b2-1-/t16-,22+,23+/m1/s1. The number of carbonyl (C=O) groups is 1. The minimum absolute atomic E-state index is 0.0474. The van der Waals surface area contributed by atoms with Crippen LogP contribution in [0.3, 0.4) is 0 Å². The molecule has 0 bridgehead atoms. The van der Waals surface area contributed by atoms with E-state index in [9.17, 15) is 9.90 Å². The summed E-state index contributed by atoms with van der Waals surface area (Å²) in [6.07, 6.45) is 5.16. The van der Waals surface area contributed by atoms with Crippen LogP contribution in [0.2, 0.25) is 5.02 Å². The van der Waals surface area contributed by atoms with E-state index in [-0.39, 0.29) is 24.2 Å². The summed E-state index contributed by atoms with van der Waals surface area (Å²) in [4.78, 5) is 10.6. The summed E-state index contributed by atoms with van der Waals surface area (Å²) in [7, 11) is 0. The second-order valence-corrected chi connectivity index (χ2v) is 7.45. The summed E-state index contributed by atoms with van der Waals surface area (Å²) < 4.78 is 12.2. The van der Waals surface area contributed by atoms with Gasteiger partial charge in [0.15, 0.2) is 6.29 Å². The fraction of sp³-hybridized carbons (Fsp3) is 0.348. The number of rotatable bonds is 8. The number of aromatic hydroxyl groups is 1. The number of ether oxygens (including phenoxy) is 2. The number of phenolic OH excluding ortho intramolecular Hbond substituents is 1. The normalized spacial score (nSPS) is 22.0. The van der Waals surface area contributed by atoms with E-state index in [0.717, 1.165) is 24.0 Å². The van der Waals surface area contributed by atoms with E-state index in [1.807, 2.05) is 42.5 Å². The molecule has 1 heterocycles. The predicted molar refractivity (Wildman–Crippen MR) is 111 cm³/mol. The molecule has 0 saturated carbocycles. The Morgan fingerprint density at radius 2 is 1.76 bits per heavy atom. The van der Waals surface area contributed by atoms with Crippen LogP contribution in [-0.4, -0.2) is 22.8 Å². The highest BCUT2D eigenvalue weighted by atomic mass is 35.5. The first-order valence-corrected chi connectivity index (χ1v) is 10.1. The Bertz CT molecular complexity index is 851. The topological polar surface area (TPSA) is 76.0 Å². The van der Waals surface area contributed by atoms with Crippen LogP contribution >= 0.6 is 11.6 Å². The van der Waals surface area contributed by atoms with Crippen molar-refractivity contribution in [2.45, 2.75) is 38.1 Å². The van der Waals surface area contributed by atoms with Gasteiger partial charge in [0, 0.05) is 28.5 Å². The summed E-state index contributed by atoms with van der Waals surface area (Å²) in [5, 5.41) is 19.6. The van der Waals surface area contributed by atoms with Crippen molar-refractivity contribution < 1.29 is 24.5 Å². The molecule has 0 amide bonds. The van der Waals surface area contributed by atoms with E-state index in [1.54, 1.807) is 18.2 Å². The maximum atomic E-state index is 10.6. The number of carboxylic acids is 1. The van der Waals surface area contributed by atoms with Gasteiger partial charge in [-0.25, -0.2) is 0 Å². The first-order valence-electron chi connectivity index (χ1n) is 9.72. The first kappa shape index (κ1) is 21.4. The Hall–Kier alpha value is -2.34. The number of benzene rings is 2. The second-order valence-electron chi connectivity index (χ2n) is 7.04. The van der Waals surface area contributed by atoms with Gasteiger partial charge in [-0.1, -0.05) is 60.2 Å². The largest absolute Gasteiger partial charge is 0.508 e. The minimum Gasteiger partial charge on any atom is -0.508 e. The third kappa shape index (κ3) is 5.82. The number of allylic oxidation sites excluding steroid dienone is 2. The van der Waals surface area contributed by atoms with Crippen molar-refractivity contribution >= 4 is 17.6 Å². The molecule has 0 aliphatic carbocycles. The van der Waals surface area contributed by atoms with Gasteiger partial charge in [0.05, 0.1) is 12.7 Å². The minimum atomic E-state index is -0.797. The predicted octanol–water partition coefficient (Wildman–Crippen LogP) is 5.65. The van der Waals surface area contributed by atoms with Crippen molar-refractivity contribution in [3.8, 4) is 5.75 Å². The highest BCUT2D eigenvalue weighted by Gasteiger charge is 2.35. The van der Waals surface area contributed by atoms with E-state index in [0.29, 0.717) is 18.1 Å². The van der Waals surface area contributed by atoms with Crippen LogP contribution in [0, 0.1) is 5.92 Å². The van der Waals surface area contributed by atoms with Gasteiger partial charge < -0.3 is 19.7 Å². The lowest BCUT2D eigenvalue weighted by molar-refractivity contribution is -0.245. The molecule has 2 aromatic carbocycles. The van der Waals surface area contributed by atoms with Gasteiger partial charge in [-0.3, -0.25) is 4.79 Å². The third-order valence-electron chi connectivity index (χ3n) is 4.96. The number of hydrogen-bond acceptors (Lipinski definition) is 4. The van der Waals surface area contributed by atoms with Crippen molar-refractivity contribution in [3.63, 3.8) is 0 Å². The molecule has 0 aromatic heterocycles. The maximum absolute atomic E-state index is 10.6. The average molecular weight is 417 g/mol. The van der Waals surface area contributed by atoms with Crippen molar-refractivity contribution in [2.75, 3.05) is 6.61 Å². The summed E-state index contributed by atoms with van der Waals surface area (Å²) in [5.74, 6) is -0.556. The summed E-state index contributed by atoms with van der Waals surface area (Å²) in [6.45, 7) is 0.470. The zero-order valence-electron chi connectivity index (χ0n) is 16.0. The second kappa shape index (κ2) is 10.4. The fourth-order valence-corrected chi connectivity index (χ4v) is 3.68. The number of para-hydroxylation sites is 1. The summed E-state index contributed by atoms with van der Waals surface area (Å²) in [5.41, 5.74) is 1.49. The van der Waals surface area contributed by atoms with Gasteiger partial charge in [0.1, 0.15) is 5.75 Å². The molecule has 3 atom stereocenters. The van der Waals surface area contributed by atoms with Crippen molar-refractivity contribution in [2.24, 2.45) is 5.92 Å². The molecule has 6 heteroatoms. The Morgan fingerprint density at radius 1 is 1.07 bits per heavy atom. The van der Waals surface area contributed by atoms with E-state index in [4.69, 9.17) is 26.2 Å². The van der Waals surface area contributed by atoms with Crippen LogP contribution in [0.4, 0.5) is 0 Å². The molecule has 154 valence electrons. The van der Waals surface area contributed by atoms with Crippen LogP contribution in [-0.2, 0) is 14.3 Å². The number of phenols is 1. The molecule has 2 aromatic rings. The molecule has 2 N–H and O–H groups in total. The fourth-order valence-electron chi connectivity index (χ4n) is 3.45. The summed E-state index contributed by atoms with van der Waals surface area (Å²) >= 11 is 6.31. The van der Waals surface area contributed by atoms with Gasteiger partial charge in [0.25, 0.3) is 0 Å². The van der Waals surface area contributed by atoms with Gasteiger partial charge >= 0.3 is 5.97 Å². The van der Waals surface area contributed by atoms with Crippen molar-refractivity contribution in [1.29, 1.82) is 0 Å². The van der Waals surface area contributed by atoms with Gasteiger partial charge in [-0.2, -0.15) is 0 Å². The van der Waals surface area contributed by atoms with Gasteiger partial charge in [0.2, 0.25) is 0 Å². The number of carboxylic acid groups (broad SMARTS) is 1. The molecule has 5 nitrogen and oxygen atoms in total. The molecular formula is C23H25ClO5. The van der Waals surface area contributed by atoms with Crippen molar-refractivity contribution in [1.82, 2.24) is 0 Å². The molecule has 1 aliphatic rings. The molecule has 3 rings (SSSR count). The maximum Gasteiger partial charge on any atom is 0.303 e. The molecule has 1 aliphatic heterocycles. The lowest BCUT2D eigenvalue weighted by Crippen LogP contribution is -2.30. The monoisotopic (exact) mass is 416 g/mol. The Kier molecular flexibility index (Phi) is 7.69. The zero-order chi connectivity index (χ0) is 20.6. The van der Waals surface area contributed by atoms with Crippen LogP contribution in [0.15, 0.2) is 60.7 Å². The SMILES string of the molecule is O=C(O)CC/C=C\CC[C@@H]1CO[C@H](c2ccccc2Cl)O[C@@H]1c1ccccc1O. The molecule has 0 unspecified atom stereocenters. The summed E-state index contributed by atoms with van der Waals surface area (Å²) in [6, 6.07) is 14.6. The molecule has 0 radical (unpaired) electrons. The highest BCUT2D eigenvalue weighted by molar-refractivity contribution is 6.31. The number of hydrogen-bond donors (Lipinski definition) is 2. The highest BCUT2D eigenvalue weighted by Crippen LogP contribution is 2.43. The Labute approximate surface area is 175 Å². The van der Waals surface area contributed by atoms with Gasteiger partial charge in [-0.05, 0) is 31.4 Å². The van der Waals surface area contributed by atoms with Crippen LogP contribution in [0.1, 0.15) is 49.2 Å². The lowest BCUT2D eigenvalue weighted by atomic mass is 9.90. The van der Waals surface area contributed by atoms with Crippen LogP contribution < -0.4 is 0 Å². The lowest BCUT2D eigenvalue weighted by Gasteiger charge is -2.37. The quantitative estimate of drug-likeness (QED) is 0.544. The third-order valence-corrected chi connectivity index (χ3v) is 5.30.